The SMILES string of the molecule is COc1cc(Br)c(OC)c(CBr)c1. The van der Waals surface area contributed by atoms with Crippen molar-refractivity contribution in [1.82, 2.24) is 0 Å². The van der Waals surface area contributed by atoms with Gasteiger partial charge in [-0.3, -0.25) is 0 Å². The Labute approximate surface area is 94.5 Å². The number of hydrogen-bond donors (Lipinski definition) is 0. The topological polar surface area (TPSA) is 18.5 Å². The zero-order valence-corrected chi connectivity index (χ0v) is 10.6. The predicted octanol–water partition coefficient (Wildman–Crippen LogP) is 3.36. The number of rotatable bonds is 3. The van der Waals surface area contributed by atoms with Gasteiger partial charge in [0.1, 0.15) is 11.5 Å². The molecule has 2 nitrogen and oxygen atoms in total. The van der Waals surface area contributed by atoms with E-state index in [1.54, 1.807) is 14.2 Å². The molecule has 1 aromatic carbocycles. The number of hydrogen-bond acceptors (Lipinski definition) is 2. The van der Waals surface area contributed by atoms with Gasteiger partial charge in [-0.2, -0.15) is 0 Å². The van der Waals surface area contributed by atoms with Crippen LogP contribution in [-0.4, -0.2) is 14.2 Å². The second kappa shape index (κ2) is 4.86. The number of ether oxygens (including phenoxy) is 2. The van der Waals surface area contributed by atoms with E-state index in [0.29, 0.717) is 0 Å². The molecule has 0 heterocycles. The highest BCUT2D eigenvalue weighted by atomic mass is 79.9. The second-order valence-corrected chi connectivity index (χ2v) is 3.85. The molecule has 0 aliphatic carbocycles. The molecule has 13 heavy (non-hydrogen) atoms. The minimum Gasteiger partial charge on any atom is -0.497 e. The predicted molar refractivity (Wildman–Crippen MR) is 59.9 cm³/mol. The fraction of sp³-hybridized carbons (Fsp3) is 0.333. The summed E-state index contributed by atoms with van der Waals surface area (Å²) in [6.07, 6.45) is 0. The van der Waals surface area contributed by atoms with Crippen LogP contribution >= 0.6 is 31.9 Å². The molecule has 0 radical (unpaired) electrons. The van der Waals surface area contributed by atoms with Gasteiger partial charge in [-0.1, -0.05) is 15.9 Å². The molecule has 0 aliphatic heterocycles. The molecule has 0 N–H and O–H groups in total. The molecule has 0 spiro atoms. The smallest absolute Gasteiger partial charge is 0.137 e. The molecule has 0 atom stereocenters. The average molecular weight is 310 g/mol. The maximum Gasteiger partial charge on any atom is 0.137 e. The summed E-state index contributed by atoms with van der Waals surface area (Å²) in [7, 11) is 3.30. The van der Waals surface area contributed by atoms with Crippen molar-refractivity contribution in [2.45, 2.75) is 5.33 Å². The van der Waals surface area contributed by atoms with Gasteiger partial charge < -0.3 is 9.47 Å². The summed E-state index contributed by atoms with van der Waals surface area (Å²) in [5.41, 5.74) is 1.06. The maximum atomic E-state index is 5.23. The molecule has 0 fully saturated rings. The van der Waals surface area contributed by atoms with Crippen molar-refractivity contribution < 1.29 is 9.47 Å². The highest BCUT2D eigenvalue weighted by molar-refractivity contribution is 9.10. The van der Waals surface area contributed by atoms with Gasteiger partial charge in [-0.05, 0) is 28.1 Å². The van der Waals surface area contributed by atoms with Crippen LogP contribution in [0.25, 0.3) is 0 Å². The van der Waals surface area contributed by atoms with Gasteiger partial charge in [0.15, 0.2) is 0 Å². The van der Waals surface area contributed by atoms with Crippen molar-refractivity contribution >= 4 is 31.9 Å². The fourth-order valence-electron chi connectivity index (χ4n) is 1.07. The lowest BCUT2D eigenvalue weighted by atomic mass is 10.2. The Hall–Kier alpha value is -0.220. The quantitative estimate of drug-likeness (QED) is 0.797. The third kappa shape index (κ3) is 2.38. The van der Waals surface area contributed by atoms with Crippen LogP contribution in [0, 0.1) is 0 Å². The van der Waals surface area contributed by atoms with E-state index >= 15 is 0 Å². The van der Waals surface area contributed by atoms with Crippen molar-refractivity contribution in [3.05, 3.63) is 22.2 Å². The van der Waals surface area contributed by atoms with Crippen molar-refractivity contribution in [2.24, 2.45) is 0 Å². The summed E-state index contributed by atoms with van der Waals surface area (Å²) in [5.74, 6) is 1.67. The van der Waals surface area contributed by atoms with Crippen LogP contribution in [0.2, 0.25) is 0 Å². The monoisotopic (exact) mass is 308 g/mol. The lowest BCUT2D eigenvalue weighted by Crippen LogP contribution is -1.92. The van der Waals surface area contributed by atoms with Crippen LogP contribution in [0.4, 0.5) is 0 Å². The summed E-state index contributed by atoms with van der Waals surface area (Å²) in [6.45, 7) is 0. The highest BCUT2D eigenvalue weighted by Crippen LogP contribution is 2.34. The molecule has 72 valence electrons. The maximum absolute atomic E-state index is 5.23. The Kier molecular flexibility index (Phi) is 4.06. The summed E-state index contributed by atoms with van der Waals surface area (Å²) >= 11 is 6.80. The van der Waals surface area contributed by atoms with Crippen molar-refractivity contribution in [3.63, 3.8) is 0 Å². The Morgan fingerprint density at radius 1 is 1.23 bits per heavy atom. The van der Waals surface area contributed by atoms with E-state index in [1.165, 1.54) is 0 Å². The molecule has 0 amide bonds. The summed E-state index contributed by atoms with van der Waals surface area (Å²) in [4.78, 5) is 0. The number of methoxy groups -OCH3 is 2. The Balaban J connectivity index is 3.20. The zero-order chi connectivity index (χ0) is 9.84. The van der Waals surface area contributed by atoms with Gasteiger partial charge in [0.25, 0.3) is 0 Å². The molecule has 0 aromatic heterocycles. The molecule has 0 aliphatic rings. The molecule has 1 aromatic rings. The van der Waals surface area contributed by atoms with E-state index in [-0.39, 0.29) is 0 Å². The number of halogens is 2. The third-order valence-electron chi connectivity index (χ3n) is 1.68. The number of alkyl halides is 1. The molecule has 0 bridgehead atoms. The zero-order valence-electron chi connectivity index (χ0n) is 7.43. The Morgan fingerprint density at radius 2 is 1.92 bits per heavy atom. The van der Waals surface area contributed by atoms with Crippen molar-refractivity contribution in [2.75, 3.05) is 14.2 Å². The first-order valence-corrected chi connectivity index (χ1v) is 5.60. The Morgan fingerprint density at radius 3 is 2.38 bits per heavy atom. The molecule has 0 saturated heterocycles. The van der Waals surface area contributed by atoms with E-state index in [4.69, 9.17) is 9.47 Å². The van der Waals surface area contributed by atoms with Gasteiger partial charge in [0, 0.05) is 10.9 Å². The van der Waals surface area contributed by atoms with E-state index in [2.05, 4.69) is 31.9 Å². The first kappa shape index (κ1) is 10.9. The van der Waals surface area contributed by atoms with Crippen LogP contribution in [0.1, 0.15) is 5.56 Å². The van der Waals surface area contributed by atoms with E-state index in [9.17, 15) is 0 Å². The lowest BCUT2D eigenvalue weighted by Gasteiger charge is -2.10. The summed E-state index contributed by atoms with van der Waals surface area (Å²) in [6, 6.07) is 3.82. The van der Waals surface area contributed by atoms with Gasteiger partial charge in [-0.25, -0.2) is 0 Å². The third-order valence-corrected chi connectivity index (χ3v) is 2.87. The van der Waals surface area contributed by atoms with Crippen LogP contribution < -0.4 is 9.47 Å². The fourth-order valence-corrected chi connectivity index (χ4v) is 2.13. The average Bonchev–Trinajstić information content (AvgIpc) is 2.16. The number of benzene rings is 1. The summed E-state index contributed by atoms with van der Waals surface area (Å²) in [5, 5.41) is 0.742. The minimum atomic E-state index is 0.742. The second-order valence-electron chi connectivity index (χ2n) is 2.44. The van der Waals surface area contributed by atoms with Crippen molar-refractivity contribution in [3.8, 4) is 11.5 Å². The van der Waals surface area contributed by atoms with Crippen LogP contribution in [0.15, 0.2) is 16.6 Å². The molecular formula is C9H10Br2O2. The molecule has 0 saturated carbocycles. The van der Waals surface area contributed by atoms with Gasteiger partial charge in [0.2, 0.25) is 0 Å². The molecule has 0 unspecified atom stereocenters. The van der Waals surface area contributed by atoms with Crippen LogP contribution in [0.5, 0.6) is 11.5 Å². The molecule has 4 heteroatoms. The normalized spacial score (nSPS) is 9.85. The van der Waals surface area contributed by atoms with E-state index in [1.807, 2.05) is 12.1 Å². The first-order valence-electron chi connectivity index (χ1n) is 3.69. The standard InChI is InChI=1S/C9H10Br2O2/c1-12-7-3-6(5-10)9(13-2)8(11)4-7/h3-4H,5H2,1-2H3. The van der Waals surface area contributed by atoms with Crippen LogP contribution in [-0.2, 0) is 5.33 Å². The van der Waals surface area contributed by atoms with Crippen molar-refractivity contribution in [1.29, 1.82) is 0 Å². The molecular weight excluding hydrogens is 300 g/mol. The minimum absolute atomic E-state index is 0.742. The van der Waals surface area contributed by atoms with E-state index in [0.717, 1.165) is 26.9 Å². The van der Waals surface area contributed by atoms with Crippen LogP contribution in [0.3, 0.4) is 0 Å². The Bertz CT molecular complexity index is 300. The van der Waals surface area contributed by atoms with E-state index < -0.39 is 0 Å². The van der Waals surface area contributed by atoms with Gasteiger partial charge in [0.05, 0.1) is 18.7 Å². The lowest BCUT2D eigenvalue weighted by molar-refractivity contribution is 0.398. The first-order chi connectivity index (χ1) is 6.22. The summed E-state index contributed by atoms with van der Waals surface area (Å²) < 4.78 is 11.3. The largest absolute Gasteiger partial charge is 0.497 e. The highest BCUT2D eigenvalue weighted by Gasteiger charge is 2.08. The van der Waals surface area contributed by atoms with Gasteiger partial charge in [-0.15, -0.1) is 0 Å². The van der Waals surface area contributed by atoms with Gasteiger partial charge >= 0.3 is 0 Å². The molecule has 1 rings (SSSR count).